The fourth-order valence-corrected chi connectivity index (χ4v) is 3.91. The number of ether oxygens (including phenoxy) is 1. The number of nitrogens with one attached hydrogen (secondary N) is 2. The Balaban J connectivity index is 1.38. The van der Waals surface area contributed by atoms with Crippen LogP contribution >= 0.6 is 0 Å². The lowest BCUT2D eigenvalue weighted by atomic mass is 10.0. The average molecular weight is 401 g/mol. The number of likely N-dealkylation sites (tertiary alicyclic amines) is 1. The van der Waals surface area contributed by atoms with Crippen molar-refractivity contribution in [3.05, 3.63) is 35.4 Å². The maximum absolute atomic E-state index is 12.8. The topological polar surface area (TPSA) is 106 Å². The molecule has 1 spiro atoms. The first-order chi connectivity index (χ1) is 14.0. The maximum atomic E-state index is 12.8. The number of rotatable bonds is 5. The van der Waals surface area contributed by atoms with E-state index in [2.05, 4.69) is 20.9 Å². The van der Waals surface area contributed by atoms with Gasteiger partial charge in [-0.05, 0) is 25.0 Å². The van der Waals surface area contributed by atoms with Crippen molar-refractivity contribution in [1.82, 2.24) is 35.1 Å². The second-order valence-corrected chi connectivity index (χ2v) is 7.70. The maximum Gasteiger partial charge on any atom is 0.315 e. The number of fused-ring (bicyclic) bond motifs is 1. The molecule has 1 unspecified atom stereocenters. The van der Waals surface area contributed by atoms with Crippen LogP contribution in [0.5, 0.6) is 0 Å². The molecule has 3 amide bonds. The van der Waals surface area contributed by atoms with E-state index in [4.69, 9.17) is 4.74 Å². The molecule has 0 aromatic carbocycles. The molecule has 1 fully saturated rings. The van der Waals surface area contributed by atoms with E-state index in [1.165, 1.54) is 0 Å². The number of hydrogen-bond acceptors (Lipinski definition) is 5. The van der Waals surface area contributed by atoms with Gasteiger partial charge in [0.25, 0.3) is 5.91 Å². The molecule has 1 atom stereocenters. The van der Waals surface area contributed by atoms with Crippen LogP contribution in [0.15, 0.2) is 18.3 Å². The Labute approximate surface area is 169 Å². The molecule has 0 aliphatic carbocycles. The summed E-state index contributed by atoms with van der Waals surface area (Å²) in [6.07, 6.45) is 3.51. The summed E-state index contributed by atoms with van der Waals surface area (Å²) < 4.78 is 9.90. The predicted molar refractivity (Wildman–Crippen MR) is 104 cm³/mol. The molecule has 156 valence electrons. The Morgan fingerprint density at radius 2 is 2.17 bits per heavy atom. The molecule has 2 aromatic heterocycles. The molecule has 0 bridgehead atoms. The number of urea groups is 1. The molecule has 1 saturated heterocycles. The van der Waals surface area contributed by atoms with Gasteiger partial charge in [-0.3, -0.25) is 4.79 Å². The Morgan fingerprint density at radius 1 is 1.31 bits per heavy atom. The van der Waals surface area contributed by atoms with Crippen molar-refractivity contribution in [1.29, 1.82) is 0 Å². The van der Waals surface area contributed by atoms with E-state index in [-0.39, 0.29) is 11.9 Å². The SMILES string of the molecule is CCCNC(=O)NCc1nnn2c1COC1(CCN(C(=O)c3cccn3C)C1)C2. The van der Waals surface area contributed by atoms with Crippen LogP contribution in [0.25, 0.3) is 0 Å². The summed E-state index contributed by atoms with van der Waals surface area (Å²) >= 11 is 0. The van der Waals surface area contributed by atoms with Crippen molar-refractivity contribution in [3.8, 4) is 0 Å². The van der Waals surface area contributed by atoms with E-state index < -0.39 is 5.60 Å². The van der Waals surface area contributed by atoms with E-state index in [0.717, 1.165) is 18.5 Å². The second-order valence-electron chi connectivity index (χ2n) is 7.70. The number of nitrogens with zero attached hydrogens (tertiary/aromatic N) is 5. The zero-order valence-electron chi connectivity index (χ0n) is 16.8. The summed E-state index contributed by atoms with van der Waals surface area (Å²) in [6.45, 7) is 5.04. The first-order valence-corrected chi connectivity index (χ1v) is 9.99. The predicted octanol–water partition coefficient (Wildman–Crippen LogP) is 0.641. The van der Waals surface area contributed by atoms with E-state index in [9.17, 15) is 9.59 Å². The lowest BCUT2D eigenvalue weighted by Gasteiger charge is -2.34. The minimum Gasteiger partial charge on any atom is -0.365 e. The zero-order valence-corrected chi connectivity index (χ0v) is 16.8. The minimum absolute atomic E-state index is 0.0188. The first kappa shape index (κ1) is 19.4. The van der Waals surface area contributed by atoms with Crippen molar-refractivity contribution in [2.24, 2.45) is 7.05 Å². The van der Waals surface area contributed by atoms with Crippen LogP contribution in [0.1, 0.15) is 41.6 Å². The largest absolute Gasteiger partial charge is 0.365 e. The Morgan fingerprint density at radius 3 is 2.93 bits per heavy atom. The Kier molecular flexibility index (Phi) is 5.27. The Hall–Kier alpha value is -2.88. The van der Waals surface area contributed by atoms with Crippen LogP contribution in [0.3, 0.4) is 0 Å². The van der Waals surface area contributed by atoms with Crippen LogP contribution in [0.2, 0.25) is 0 Å². The van der Waals surface area contributed by atoms with E-state index >= 15 is 0 Å². The highest BCUT2D eigenvalue weighted by atomic mass is 16.5. The van der Waals surface area contributed by atoms with Crippen molar-refractivity contribution in [2.75, 3.05) is 19.6 Å². The summed E-state index contributed by atoms with van der Waals surface area (Å²) in [5.41, 5.74) is 1.82. The normalized spacial score (nSPS) is 20.7. The van der Waals surface area contributed by atoms with Gasteiger partial charge in [0, 0.05) is 26.3 Å². The summed E-state index contributed by atoms with van der Waals surface area (Å²) in [6, 6.07) is 3.49. The quantitative estimate of drug-likeness (QED) is 0.765. The van der Waals surface area contributed by atoms with Crippen LogP contribution in [0.4, 0.5) is 4.79 Å². The number of carbonyl (C=O) groups is 2. The van der Waals surface area contributed by atoms with E-state index in [1.807, 2.05) is 46.4 Å². The minimum atomic E-state index is -0.440. The first-order valence-electron chi connectivity index (χ1n) is 9.99. The molecule has 2 aliphatic rings. The summed E-state index contributed by atoms with van der Waals surface area (Å²) in [5, 5.41) is 14.0. The molecule has 4 heterocycles. The van der Waals surface area contributed by atoms with E-state index in [1.54, 1.807) is 0 Å². The molecular formula is C19H27N7O3. The van der Waals surface area contributed by atoms with Gasteiger partial charge in [-0.25, -0.2) is 9.48 Å². The van der Waals surface area contributed by atoms with Crippen molar-refractivity contribution < 1.29 is 14.3 Å². The molecule has 0 saturated carbocycles. The molecular weight excluding hydrogens is 374 g/mol. The van der Waals surface area contributed by atoms with Gasteiger partial charge in [-0.2, -0.15) is 0 Å². The van der Waals surface area contributed by atoms with Gasteiger partial charge < -0.3 is 24.8 Å². The molecule has 10 nitrogen and oxygen atoms in total. The summed E-state index contributed by atoms with van der Waals surface area (Å²) in [7, 11) is 1.87. The smallest absolute Gasteiger partial charge is 0.315 e. The summed E-state index contributed by atoms with van der Waals surface area (Å²) in [4.78, 5) is 26.4. The summed E-state index contributed by atoms with van der Waals surface area (Å²) in [5.74, 6) is 0.0188. The number of amides is 3. The lowest BCUT2D eigenvalue weighted by Crippen LogP contribution is -2.45. The van der Waals surface area contributed by atoms with Crippen molar-refractivity contribution in [3.63, 3.8) is 0 Å². The molecule has 2 aliphatic heterocycles. The van der Waals surface area contributed by atoms with Crippen LogP contribution < -0.4 is 10.6 Å². The van der Waals surface area contributed by atoms with Gasteiger partial charge in [0.15, 0.2) is 0 Å². The highest BCUT2D eigenvalue weighted by Crippen LogP contribution is 2.33. The monoisotopic (exact) mass is 401 g/mol. The van der Waals surface area contributed by atoms with Crippen molar-refractivity contribution >= 4 is 11.9 Å². The van der Waals surface area contributed by atoms with Crippen LogP contribution in [-0.4, -0.2) is 61.6 Å². The molecule has 10 heteroatoms. The van der Waals surface area contributed by atoms with Crippen LogP contribution in [0, 0.1) is 0 Å². The van der Waals surface area contributed by atoms with E-state index in [0.29, 0.717) is 50.7 Å². The van der Waals surface area contributed by atoms with Gasteiger partial charge in [0.2, 0.25) is 0 Å². The number of carbonyl (C=O) groups excluding carboxylic acids is 2. The van der Waals surface area contributed by atoms with Gasteiger partial charge in [-0.1, -0.05) is 12.1 Å². The van der Waals surface area contributed by atoms with Gasteiger partial charge >= 0.3 is 6.03 Å². The third-order valence-corrected chi connectivity index (χ3v) is 5.59. The van der Waals surface area contributed by atoms with Crippen LogP contribution in [-0.2, 0) is 31.5 Å². The third kappa shape index (κ3) is 3.84. The second kappa shape index (κ2) is 7.86. The number of hydrogen-bond donors (Lipinski definition) is 2. The fourth-order valence-electron chi connectivity index (χ4n) is 3.91. The molecule has 2 N–H and O–H groups in total. The molecule has 2 aromatic rings. The van der Waals surface area contributed by atoms with Gasteiger partial charge in [-0.15, -0.1) is 5.10 Å². The number of aromatic nitrogens is 4. The third-order valence-electron chi connectivity index (χ3n) is 5.59. The highest BCUT2D eigenvalue weighted by Gasteiger charge is 2.45. The average Bonchev–Trinajstić information content (AvgIpc) is 3.43. The van der Waals surface area contributed by atoms with Gasteiger partial charge in [0.05, 0.1) is 31.9 Å². The fraction of sp³-hybridized carbons (Fsp3) is 0.579. The molecule has 4 rings (SSSR count). The lowest BCUT2D eigenvalue weighted by molar-refractivity contribution is -0.0828. The Bertz CT molecular complexity index is 906. The number of aryl methyl sites for hydroxylation is 1. The molecule has 29 heavy (non-hydrogen) atoms. The zero-order chi connectivity index (χ0) is 20.4. The molecule has 0 radical (unpaired) electrons. The standard InChI is InChI=1S/C19H27N7O3/c1-3-7-20-18(28)21-10-14-16-11-29-19(13-26(16)23-22-14)6-9-25(12-19)17(27)15-5-4-8-24(15)2/h4-5,8H,3,6-7,9-13H2,1-2H3,(H2,20,21,28). The van der Waals surface area contributed by atoms with Gasteiger partial charge in [0.1, 0.15) is 17.0 Å². The highest BCUT2D eigenvalue weighted by molar-refractivity contribution is 5.93. The van der Waals surface area contributed by atoms with Crippen molar-refractivity contribution in [2.45, 2.75) is 45.1 Å².